The highest BCUT2D eigenvalue weighted by molar-refractivity contribution is 5.83. The van der Waals surface area contributed by atoms with Crippen molar-refractivity contribution in [2.45, 2.75) is 13.1 Å². The van der Waals surface area contributed by atoms with Crippen molar-refractivity contribution in [3.05, 3.63) is 82.6 Å². The van der Waals surface area contributed by atoms with Gasteiger partial charge in [0.05, 0.1) is 25.0 Å². The van der Waals surface area contributed by atoms with Crippen LogP contribution in [0.5, 0.6) is 11.6 Å². The van der Waals surface area contributed by atoms with E-state index in [-0.39, 0.29) is 11.3 Å². The van der Waals surface area contributed by atoms with Crippen molar-refractivity contribution in [1.82, 2.24) is 9.55 Å². The Labute approximate surface area is 181 Å². The normalized spacial score (nSPS) is 11.5. The first-order valence-corrected chi connectivity index (χ1v) is 9.83. The maximum atomic E-state index is 13.5. The highest BCUT2D eigenvalue weighted by Gasteiger charge is 2.30. The number of rotatable bonds is 5. The second kappa shape index (κ2) is 8.37. The molecule has 32 heavy (non-hydrogen) atoms. The fraction of sp³-hybridized carbons (Fsp3) is 0.167. The van der Waals surface area contributed by atoms with Crippen LogP contribution in [-0.2, 0) is 6.18 Å². The summed E-state index contributed by atoms with van der Waals surface area (Å²) in [6.07, 6.45) is -4.48. The monoisotopic (exact) mass is 440 g/mol. The van der Waals surface area contributed by atoms with Crippen LogP contribution in [0.2, 0.25) is 0 Å². The largest absolute Gasteiger partial charge is 0.497 e. The van der Waals surface area contributed by atoms with E-state index < -0.39 is 17.3 Å². The van der Waals surface area contributed by atoms with Crippen molar-refractivity contribution in [2.75, 3.05) is 13.7 Å². The zero-order valence-corrected chi connectivity index (χ0v) is 17.3. The third-order valence-electron chi connectivity index (χ3n) is 4.97. The van der Waals surface area contributed by atoms with Crippen LogP contribution < -0.4 is 15.0 Å². The molecule has 0 aliphatic heterocycles. The zero-order chi connectivity index (χ0) is 22.9. The molecule has 0 saturated carbocycles. The number of halogens is 3. The molecule has 2 heterocycles. The maximum Gasteiger partial charge on any atom is 0.416 e. The van der Waals surface area contributed by atoms with Gasteiger partial charge in [-0.1, -0.05) is 12.1 Å². The molecular formula is C24H19F3N2O3. The lowest BCUT2D eigenvalue weighted by Crippen LogP contribution is -2.21. The van der Waals surface area contributed by atoms with Crippen LogP contribution in [0.15, 0.2) is 71.5 Å². The predicted octanol–water partition coefficient (Wildman–Crippen LogP) is 5.48. The van der Waals surface area contributed by atoms with Crippen molar-refractivity contribution >= 4 is 11.0 Å². The van der Waals surface area contributed by atoms with Gasteiger partial charge in [-0.15, -0.1) is 0 Å². The van der Waals surface area contributed by atoms with Crippen molar-refractivity contribution in [2.24, 2.45) is 0 Å². The van der Waals surface area contributed by atoms with E-state index >= 15 is 0 Å². The summed E-state index contributed by atoms with van der Waals surface area (Å²) in [4.78, 5) is 18.0. The molecule has 4 aromatic rings. The number of pyridine rings is 2. The molecule has 2 aromatic heterocycles. The van der Waals surface area contributed by atoms with E-state index in [4.69, 9.17) is 9.47 Å². The summed E-state index contributed by atoms with van der Waals surface area (Å²) < 4.78 is 51.0. The number of hydrogen-bond acceptors (Lipinski definition) is 4. The van der Waals surface area contributed by atoms with E-state index in [1.165, 1.54) is 16.7 Å². The van der Waals surface area contributed by atoms with Gasteiger partial charge in [-0.2, -0.15) is 18.2 Å². The van der Waals surface area contributed by atoms with Gasteiger partial charge in [0.2, 0.25) is 5.88 Å². The topological polar surface area (TPSA) is 53.4 Å². The molecule has 0 aliphatic carbocycles. The summed E-state index contributed by atoms with van der Waals surface area (Å²) in [5.74, 6) is 0.956. The number of benzene rings is 2. The minimum atomic E-state index is -4.48. The lowest BCUT2D eigenvalue weighted by atomic mass is 10.0. The molecule has 0 atom stereocenters. The van der Waals surface area contributed by atoms with Crippen molar-refractivity contribution in [3.8, 4) is 28.4 Å². The molecule has 0 aliphatic rings. The van der Waals surface area contributed by atoms with Crippen molar-refractivity contribution < 1.29 is 22.6 Å². The van der Waals surface area contributed by atoms with Gasteiger partial charge in [0.15, 0.2) is 5.65 Å². The number of alkyl halides is 3. The van der Waals surface area contributed by atoms with E-state index in [2.05, 4.69) is 4.98 Å². The summed E-state index contributed by atoms with van der Waals surface area (Å²) in [5.41, 5.74) is 0.372. The van der Waals surface area contributed by atoms with Crippen molar-refractivity contribution in [3.63, 3.8) is 0 Å². The Hall–Kier alpha value is -3.81. The number of nitrogens with zero attached hydrogens (tertiary/aromatic N) is 2. The average molecular weight is 440 g/mol. The van der Waals surface area contributed by atoms with Gasteiger partial charge in [0, 0.05) is 17.0 Å². The lowest BCUT2D eigenvalue weighted by Gasteiger charge is -2.15. The van der Waals surface area contributed by atoms with Crippen LogP contribution in [-0.4, -0.2) is 23.3 Å². The minimum Gasteiger partial charge on any atom is -0.497 e. The van der Waals surface area contributed by atoms with E-state index in [1.54, 1.807) is 49.6 Å². The average Bonchev–Trinajstić information content (AvgIpc) is 2.78. The fourth-order valence-electron chi connectivity index (χ4n) is 3.41. The Morgan fingerprint density at radius 3 is 2.25 bits per heavy atom. The highest BCUT2D eigenvalue weighted by atomic mass is 19.4. The van der Waals surface area contributed by atoms with Gasteiger partial charge < -0.3 is 9.47 Å². The van der Waals surface area contributed by atoms with Crippen LogP contribution in [0, 0.1) is 0 Å². The number of hydrogen-bond donors (Lipinski definition) is 0. The quantitative estimate of drug-likeness (QED) is 0.413. The summed E-state index contributed by atoms with van der Waals surface area (Å²) in [6.45, 7) is 2.19. The van der Waals surface area contributed by atoms with Gasteiger partial charge in [0.25, 0.3) is 5.56 Å². The highest BCUT2D eigenvalue weighted by Crippen LogP contribution is 2.30. The Morgan fingerprint density at radius 2 is 1.66 bits per heavy atom. The molecule has 5 nitrogen and oxygen atoms in total. The predicted molar refractivity (Wildman–Crippen MR) is 115 cm³/mol. The van der Waals surface area contributed by atoms with Crippen LogP contribution in [0.1, 0.15) is 12.5 Å². The Kier molecular flexibility index (Phi) is 5.61. The van der Waals surface area contributed by atoms with Crippen LogP contribution in [0.3, 0.4) is 0 Å². The zero-order valence-electron chi connectivity index (χ0n) is 17.3. The van der Waals surface area contributed by atoms with Gasteiger partial charge in [0.1, 0.15) is 5.75 Å². The summed E-state index contributed by atoms with van der Waals surface area (Å²) in [6, 6.07) is 16.5. The van der Waals surface area contributed by atoms with Gasteiger partial charge >= 0.3 is 6.18 Å². The molecule has 0 amide bonds. The van der Waals surface area contributed by atoms with E-state index in [0.29, 0.717) is 34.7 Å². The lowest BCUT2D eigenvalue weighted by molar-refractivity contribution is -0.137. The first-order chi connectivity index (χ1) is 15.3. The SMILES string of the molecule is CCOc1ccc2cc(-c3ccc(OC)cc3)c(=O)n(-c3ccc(C(F)(F)F)cc3)c2n1. The molecular weight excluding hydrogens is 421 g/mol. The fourth-order valence-corrected chi connectivity index (χ4v) is 3.41. The minimum absolute atomic E-state index is 0.268. The van der Waals surface area contributed by atoms with E-state index in [9.17, 15) is 18.0 Å². The van der Waals surface area contributed by atoms with Crippen LogP contribution in [0.25, 0.3) is 27.8 Å². The summed E-state index contributed by atoms with van der Waals surface area (Å²) >= 11 is 0. The van der Waals surface area contributed by atoms with E-state index in [1.807, 2.05) is 6.92 Å². The standard InChI is InChI=1S/C24H19F3N2O3/c1-3-32-21-13-6-16-14-20(15-4-11-19(31-2)12-5-15)23(30)29(22(16)28-21)18-9-7-17(8-10-18)24(25,26)27/h4-14H,3H2,1-2H3. The molecule has 0 radical (unpaired) electrons. The van der Waals surface area contributed by atoms with Crippen LogP contribution in [0.4, 0.5) is 13.2 Å². The van der Waals surface area contributed by atoms with E-state index in [0.717, 1.165) is 12.1 Å². The molecule has 0 saturated heterocycles. The second-order valence-electron chi connectivity index (χ2n) is 6.97. The third kappa shape index (κ3) is 4.03. The number of methoxy groups -OCH3 is 1. The van der Waals surface area contributed by atoms with Gasteiger partial charge in [-0.3, -0.25) is 9.36 Å². The van der Waals surface area contributed by atoms with Crippen molar-refractivity contribution in [1.29, 1.82) is 0 Å². The number of ether oxygens (including phenoxy) is 2. The second-order valence-corrected chi connectivity index (χ2v) is 6.97. The summed E-state index contributed by atoms with van der Waals surface area (Å²) in [5, 5.41) is 0.638. The molecule has 0 fully saturated rings. The molecule has 8 heteroatoms. The van der Waals surface area contributed by atoms with Gasteiger partial charge in [-0.05, 0) is 61.0 Å². The molecule has 164 valence electrons. The Balaban J connectivity index is 1.97. The molecule has 0 N–H and O–H groups in total. The Morgan fingerprint density at radius 1 is 0.969 bits per heavy atom. The maximum absolute atomic E-state index is 13.5. The van der Waals surface area contributed by atoms with Gasteiger partial charge in [-0.25, -0.2) is 0 Å². The van der Waals surface area contributed by atoms with Crippen LogP contribution >= 0.6 is 0 Å². The smallest absolute Gasteiger partial charge is 0.416 e. The first kappa shape index (κ1) is 21.4. The Bertz CT molecular complexity index is 1310. The number of aromatic nitrogens is 2. The summed E-state index contributed by atoms with van der Waals surface area (Å²) in [7, 11) is 1.55. The molecule has 4 rings (SSSR count). The molecule has 2 aromatic carbocycles. The molecule has 0 spiro atoms. The molecule has 0 unspecified atom stereocenters. The number of fused-ring (bicyclic) bond motifs is 1. The molecule has 0 bridgehead atoms. The third-order valence-corrected chi connectivity index (χ3v) is 4.97. The first-order valence-electron chi connectivity index (χ1n) is 9.83.